The number of anilines is 1. The van der Waals surface area contributed by atoms with Gasteiger partial charge < -0.3 is 4.90 Å². The van der Waals surface area contributed by atoms with Gasteiger partial charge in [0.2, 0.25) is 0 Å². The molecule has 0 saturated carbocycles. The van der Waals surface area contributed by atoms with E-state index in [1.165, 1.54) is 31.6 Å². The van der Waals surface area contributed by atoms with Crippen molar-refractivity contribution >= 4 is 11.5 Å². The fourth-order valence-corrected chi connectivity index (χ4v) is 2.18. The van der Waals surface area contributed by atoms with Crippen molar-refractivity contribution in [1.29, 1.82) is 0 Å². The van der Waals surface area contributed by atoms with E-state index in [-0.39, 0.29) is 11.7 Å². The van der Waals surface area contributed by atoms with Crippen molar-refractivity contribution in [3.63, 3.8) is 0 Å². The van der Waals surface area contributed by atoms with Crippen molar-refractivity contribution in [3.05, 3.63) is 29.8 Å². The second-order valence-electron chi connectivity index (χ2n) is 4.62. The minimum Gasteiger partial charge on any atom is -0.372 e. The van der Waals surface area contributed by atoms with Crippen molar-refractivity contribution in [3.8, 4) is 0 Å². The monoisotopic (exact) mass is 217 g/mol. The van der Waals surface area contributed by atoms with E-state index >= 15 is 0 Å². The molecule has 1 atom stereocenters. The highest BCUT2D eigenvalue weighted by molar-refractivity contribution is 5.83. The summed E-state index contributed by atoms with van der Waals surface area (Å²) in [5.74, 6) is 0.251. The molecule has 0 radical (unpaired) electrons. The Hall–Kier alpha value is -1.31. The van der Waals surface area contributed by atoms with Crippen molar-refractivity contribution in [2.45, 2.75) is 32.6 Å². The molecular formula is C14H19NO. The maximum Gasteiger partial charge on any atom is 0.136 e. The predicted molar refractivity (Wildman–Crippen MR) is 67.0 cm³/mol. The summed E-state index contributed by atoms with van der Waals surface area (Å²) in [6.45, 7) is 5.95. The van der Waals surface area contributed by atoms with Gasteiger partial charge >= 0.3 is 0 Å². The van der Waals surface area contributed by atoms with Crippen LogP contribution in [0.4, 0.5) is 5.69 Å². The Balaban J connectivity index is 2.12. The van der Waals surface area contributed by atoms with Crippen LogP contribution in [0.25, 0.3) is 0 Å². The van der Waals surface area contributed by atoms with Crippen LogP contribution in [-0.4, -0.2) is 18.9 Å². The molecule has 1 fully saturated rings. The fourth-order valence-electron chi connectivity index (χ4n) is 2.18. The van der Waals surface area contributed by atoms with Crippen LogP contribution in [0.1, 0.15) is 38.2 Å². The van der Waals surface area contributed by atoms with E-state index in [0.29, 0.717) is 0 Å². The number of nitrogens with zero attached hydrogens (tertiary/aromatic N) is 1. The van der Waals surface area contributed by atoms with Gasteiger partial charge in [-0.2, -0.15) is 0 Å². The average molecular weight is 217 g/mol. The molecule has 0 amide bonds. The molecule has 16 heavy (non-hydrogen) atoms. The molecule has 86 valence electrons. The summed E-state index contributed by atoms with van der Waals surface area (Å²) in [7, 11) is 0. The Morgan fingerprint density at radius 3 is 2.25 bits per heavy atom. The lowest BCUT2D eigenvalue weighted by molar-refractivity contribution is -0.118. The van der Waals surface area contributed by atoms with E-state index < -0.39 is 0 Å². The van der Waals surface area contributed by atoms with E-state index in [9.17, 15) is 4.79 Å². The largest absolute Gasteiger partial charge is 0.372 e. The van der Waals surface area contributed by atoms with Gasteiger partial charge in [0.25, 0.3) is 0 Å². The number of ketones is 1. The number of Topliss-reactive ketones (excluding diaryl/α,β-unsaturated/α-hetero) is 1. The molecule has 2 heteroatoms. The number of benzene rings is 1. The summed E-state index contributed by atoms with van der Waals surface area (Å²) >= 11 is 0. The van der Waals surface area contributed by atoms with Gasteiger partial charge in [0.05, 0.1) is 0 Å². The Morgan fingerprint density at radius 1 is 1.19 bits per heavy atom. The Labute approximate surface area is 97.3 Å². The summed E-state index contributed by atoms with van der Waals surface area (Å²) in [6, 6.07) is 8.44. The lowest BCUT2D eigenvalue weighted by Crippen LogP contribution is -2.17. The summed E-state index contributed by atoms with van der Waals surface area (Å²) < 4.78 is 0. The van der Waals surface area contributed by atoms with Crippen LogP contribution < -0.4 is 4.90 Å². The Bertz CT molecular complexity index is 363. The Kier molecular flexibility index (Phi) is 3.28. The van der Waals surface area contributed by atoms with E-state index in [1.807, 2.05) is 6.92 Å². The molecule has 0 N–H and O–H groups in total. The first kappa shape index (κ1) is 11.2. The standard InChI is InChI=1S/C14H19NO/c1-11(12(2)16)13-5-7-14(8-6-13)15-9-3-4-10-15/h5-8,11H,3-4,9-10H2,1-2H3. The molecule has 0 aliphatic carbocycles. The van der Waals surface area contributed by atoms with Gasteiger partial charge in [0, 0.05) is 24.7 Å². The molecule has 2 rings (SSSR count). The topological polar surface area (TPSA) is 20.3 Å². The van der Waals surface area contributed by atoms with Crippen molar-refractivity contribution in [2.75, 3.05) is 18.0 Å². The Morgan fingerprint density at radius 2 is 1.75 bits per heavy atom. The van der Waals surface area contributed by atoms with E-state index in [4.69, 9.17) is 0 Å². The molecule has 0 bridgehead atoms. The number of carbonyl (C=O) groups excluding carboxylic acids is 1. The first-order chi connectivity index (χ1) is 7.68. The highest BCUT2D eigenvalue weighted by Crippen LogP contribution is 2.23. The molecule has 1 saturated heterocycles. The van der Waals surface area contributed by atoms with Gasteiger partial charge in [-0.1, -0.05) is 19.1 Å². The van der Waals surface area contributed by atoms with Gasteiger partial charge in [-0.25, -0.2) is 0 Å². The molecular weight excluding hydrogens is 198 g/mol. The zero-order chi connectivity index (χ0) is 11.5. The molecule has 1 heterocycles. The molecule has 1 aromatic carbocycles. The molecule has 1 unspecified atom stereocenters. The number of rotatable bonds is 3. The van der Waals surface area contributed by atoms with Gasteiger partial charge in [-0.15, -0.1) is 0 Å². The normalized spacial score (nSPS) is 17.5. The van der Waals surface area contributed by atoms with Crippen LogP contribution in [0.2, 0.25) is 0 Å². The van der Waals surface area contributed by atoms with Gasteiger partial charge in [0.15, 0.2) is 0 Å². The third kappa shape index (κ3) is 2.26. The fraction of sp³-hybridized carbons (Fsp3) is 0.500. The molecule has 1 aliphatic rings. The first-order valence-corrected chi connectivity index (χ1v) is 6.04. The predicted octanol–water partition coefficient (Wildman–Crippen LogP) is 2.98. The lowest BCUT2D eigenvalue weighted by Gasteiger charge is -2.18. The van der Waals surface area contributed by atoms with Crippen LogP contribution >= 0.6 is 0 Å². The summed E-state index contributed by atoms with van der Waals surface area (Å²) in [5, 5.41) is 0. The second-order valence-corrected chi connectivity index (χ2v) is 4.62. The van der Waals surface area contributed by atoms with E-state index in [0.717, 1.165) is 5.56 Å². The van der Waals surface area contributed by atoms with E-state index in [1.54, 1.807) is 6.92 Å². The van der Waals surface area contributed by atoms with Crippen molar-refractivity contribution in [1.82, 2.24) is 0 Å². The van der Waals surface area contributed by atoms with Crippen LogP contribution in [0.15, 0.2) is 24.3 Å². The SMILES string of the molecule is CC(=O)C(C)c1ccc(N2CCCC2)cc1. The van der Waals surface area contributed by atoms with Gasteiger partial charge in [0.1, 0.15) is 5.78 Å². The number of hydrogen-bond acceptors (Lipinski definition) is 2. The first-order valence-electron chi connectivity index (χ1n) is 6.04. The van der Waals surface area contributed by atoms with Gasteiger partial charge in [-0.3, -0.25) is 4.79 Å². The average Bonchev–Trinajstić information content (AvgIpc) is 2.81. The third-order valence-corrected chi connectivity index (χ3v) is 3.47. The van der Waals surface area contributed by atoms with Crippen LogP contribution in [0.3, 0.4) is 0 Å². The maximum absolute atomic E-state index is 11.3. The molecule has 1 aliphatic heterocycles. The summed E-state index contributed by atoms with van der Waals surface area (Å²) in [4.78, 5) is 13.7. The second kappa shape index (κ2) is 4.69. The number of hydrogen-bond donors (Lipinski definition) is 0. The van der Waals surface area contributed by atoms with Gasteiger partial charge in [-0.05, 0) is 37.5 Å². The lowest BCUT2D eigenvalue weighted by atomic mass is 9.97. The third-order valence-electron chi connectivity index (χ3n) is 3.47. The molecule has 0 aromatic heterocycles. The molecule has 0 spiro atoms. The van der Waals surface area contributed by atoms with Crippen molar-refractivity contribution in [2.24, 2.45) is 0 Å². The van der Waals surface area contributed by atoms with Crippen molar-refractivity contribution < 1.29 is 4.79 Å². The minimum absolute atomic E-state index is 0.0210. The van der Waals surface area contributed by atoms with Crippen LogP contribution in [0.5, 0.6) is 0 Å². The zero-order valence-electron chi connectivity index (χ0n) is 10.1. The van der Waals surface area contributed by atoms with Crippen LogP contribution in [-0.2, 0) is 4.79 Å². The van der Waals surface area contributed by atoms with E-state index in [2.05, 4.69) is 29.2 Å². The summed E-state index contributed by atoms with van der Waals surface area (Å²) in [6.07, 6.45) is 2.59. The number of carbonyl (C=O) groups is 1. The van der Waals surface area contributed by atoms with Crippen LogP contribution in [0, 0.1) is 0 Å². The smallest absolute Gasteiger partial charge is 0.136 e. The molecule has 2 nitrogen and oxygen atoms in total. The maximum atomic E-state index is 11.3. The highest BCUT2D eigenvalue weighted by atomic mass is 16.1. The quantitative estimate of drug-likeness (QED) is 0.775. The summed E-state index contributed by atoms with van der Waals surface area (Å²) in [5.41, 5.74) is 2.41. The zero-order valence-corrected chi connectivity index (χ0v) is 10.1. The molecule has 1 aromatic rings. The minimum atomic E-state index is 0.0210. The highest BCUT2D eigenvalue weighted by Gasteiger charge is 2.14.